The second kappa shape index (κ2) is 7.09. The maximum absolute atomic E-state index is 9.98. The summed E-state index contributed by atoms with van der Waals surface area (Å²) in [6, 6.07) is 0. The van der Waals surface area contributed by atoms with Gasteiger partial charge in [0.05, 0.1) is 0 Å². The van der Waals surface area contributed by atoms with Gasteiger partial charge in [-0.05, 0) is 11.6 Å². The molecule has 0 radical (unpaired) electrons. The molecule has 0 saturated heterocycles. The van der Waals surface area contributed by atoms with Crippen LogP contribution in [0.2, 0.25) is 0 Å². The van der Waals surface area contributed by atoms with Crippen LogP contribution in [-0.4, -0.2) is 24.5 Å². The summed E-state index contributed by atoms with van der Waals surface area (Å²) in [7, 11) is -9.27. The van der Waals surface area contributed by atoms with Gasteiger partial charge in [-0.25, -0.2) is 9.13 Å². The van der Waals surface area contributed by atoms with E-state index in [1.807, 2.05) is 0 Å². The van der Waals surface area contributed by atoms with Crippen LogP contribution in [0.4, 0.5) is 0 Å². The van der Waals surface area contributed by atoms with E-state index in [1.165, 1.54) is 0 Å². The molecule has 8 nitrogen and oxygen atoms in total. The molecule has 5 N–H and O–H groups in total. The highest BCUT2D eigenvalue weighted by Crippen LogP contribution is 2.41. The highest BCUT2D eigenvalue weighted by Gasteiger charge is 2.18. The summed E-state index contributed by atoms with van der Waals surface area (Å²) in [5.74, 6) is 0. The van der Waals surface area contributed by atoms with E-state index >= 15 is 0 Å². The van der Waals surface area contributed by atoms with Crippen LogP contribution in [0.15, 0.2) is 9.71 Å². The van der Waals surface area contributed by atoms with Crippen molar-refractivity contribution in [2.75, 3.05) is 0 Å². The second-order valence-corrected chi connectivity index (χ2v) is 5.11. The summed E-state index contributed by atoms with van der Waals surface area (Å²) in [4.78, 5) is 37.7. The predicted octanol–water partition coefficient (Wildman–Crippen LogP) is 1.01. The van der Waals surface area contributed by atoms with Crippen LogP contribution in [0.1, 0.15) is 0 Å². The van der Waals surface area contributed by atoms with Crippen molar-refractivity contribution in [2.45, 2.75) is 0 Å². The van der Waals surface area contributed by atoms with Gasteiger partial charge in [0, 0.05) is 0 Å². The van der Waals surface area contributed by atoms with E-state index in [4.69, 9.17) is 63.8 Å². The van der Waals surface area contributed by atoms with E-state index in [-0.39, 0.29) is 0 Å². The van der Waals surface area contributed by atoms with Gasteiger partial charge in [0.25, 0.3) is 0 Å². The van der Waals surface area contributed by atoms with Crippen LogP contribution in [0.5, 0.6) is 0 Å². The van der Waals surface area contributed by atoms with Crippen LogP contribution in [0.25, 0.3) is 0 Å². The Labute approximate surface area is 98.5 Å². The molecule has 0 aliphatic rings. The number of phosphoric ester groups is 1. The van der Waals surface area contributed by atoms with Crippen LogP contribution < -0.4 is 0 Å². The highest BCUT2D eigenvalue weighted by molar-refractivity contribution is 7.46. The van der Waals surface area contributed by atoms with Crippen molar-refractivity contribution >= 4 is 50.4 Å². The van der Waals surface area contributed by atoms with E-state index in [0.717, 1.165) is 0 Å². The van der Waals surface area contributed by atoms with Crippen molar-refractivity contribution in [2.24, 2.45) is 0 Å². The minimum absolute atomic E-state index is 0.537. The first kappa shape index (κ1) is 18.0. The zero-order valence-corrected chi connectivity index (χ0v) is 10.5. The van der Waals surface area contributed by atoms with Crippen molar-refractivity contribution in [1.82, 2.24) is 0 Å². The van der Waals surface area contributed by atoms with Gasteiger partial charge in [0.1, 0.15) is 0 Å². The molecule has 0 spiro atoms. The number of phosphoric acid groups is 2. The zero-order chi connectivity index (χ0) is 12.9. The molecule has 0 amide bonds. The summed E-state index contributed by atoms with van der Waals surface area (Å²) < 4.78 is 22.1. The minimum Gasteiger partial charge on any atom is -0.390 e. The summed E-state index contributed by atoms with van der Waals surface area (Å²) in [6.45, 7) is 0. The Morgan fingerprint density at radius 3 is 1.27 bits per heavy atom. The molecule has 0 aliphatic heterocycles. The van der Waals surface area contributed by atoms with Crippen molar-refractivity contribution in [3.05, 3.63) is 9.71 Å². The van der Waals surface area contributed by atoms with Crippen molar-refractivity contribution in [3.63, 3.8) is 0 Å². The molecule has 92 valence electrons. The molecule has 0 atom stereocenters. The SMILES string of the molecule is O=P(O)(O)O.O=P(O)(O)OC(Cl)=C(Cl)Cl. The maximum atomic E-state index is 9.98. The average molecular weight is 325 g/mol. The molecule has 0 aliphatic carbocycles. The summed E-state index contributed by atoms with van der Waals surface area (Å²) in [5.41, 5.74) is 0. The van der Waals surface area contributed by atoms with Crippen molar-refractivity contribution < 1.29 is 38.1 Å². The van der Waals surface area contributed by atoms with Crippen LogP contribution in [0, 0.1) is 0 Å². The van der Waals surface area contributed by atoms with Gasteiger partial charge < -0.3 is 19.2 Å². The Bertz CT molecular complexity index is 302. The molecule has 0 bridgehead atoms. The zero-order valence-electron chi connectivity index (χ0n) is 6.49. The molecular weight excluding hydrogens is 320 g/mol. The van der Waals surface area contributed by atoms with E-state index in [2.05, 4.69) is 4.52 Å². The molecule has 0 aromatic rings. The van der Waals surface area contributed by atoms with Crippen LogP contribution in [0.3, 0.4) is 0 Å². The third kappa shape index (κ3) is 25.2. The lowest BCUT2D eigenvalue weighted by molar-refractivity contribution is 0.253. The molecule has 0 aromatic carbocycles. The standard InChI is InChI=1S/C2H2Cl3O4P.H3O4P/c3-1(4)2(5)9-10(6,7)8;1-5(2,3)4/h(H2,6,7,8);(H3,1,2,3,4). The number of halogens is 3. The molecule has 0 aromatic heterocycles. The van der Waals surface area contributed by atoms with Gasteiger partial charge in [-0.1, -0.05) is 23.2 Å². The van der Waals surface area contributed by atoms with Crippen LogP contribution in [-0.2, 0) is 13.7 Å². The Morgan fingerprint density at radius 1 is 0.933 bits per heavy atom. The summed E-state index contributed by atoms with van der Waals surface area (Å²) in [6.07, 6.45) is 0. The van der Waals surface area contributed by atoms with Gasteiger partial charge in [0.15, 0.2) is 4.49 Å². The van der Waals surface area contributed by atoms with Gasteiger partial charge in [-0.2, -0.15) is 0 Å². The van der Waals surface area contributed by atoms with Gasteiger partial charge in [-0.3, -0.25) is 9.79 Å². The number of hydrogen-bond acceptors (Lipinski definition) is 3. The first-order valence-electron chi connectivity index (χ1n) is 2.57. The Hall–Kier alpha value is 0.670. The molecular formula is C2H5Cl3O8P2. The number of rotatable bonds is 2. The Kier molecular flexibility index (Phi) is 8.52. The molecule has 15 heavy (non-hydrogen) atoms. The predicted molar refractivity (Wildman–Crippen MR) is 52.0 cm³/mol. The lowest BCUT2D eigenvalue weighted by atomic mass is 11.1. The van der Waals surface area contributed by atoms with E-state index in [9.17, 15) is 4.57 Å². The van der Waals surface area contributed by atoms with Crippen molar-refractivity contribution in [1.29, 1.82) is 0 Å². The number of hydrogen-bond donors (Lipinski definition) is 5. The minimum atomic E-state index is -4.64. The first-order chi connectivity index (χ1) is 6.33. The van der Waals surface area contributed by atoms with E-state index < -0.39 is 25.4 Å². The fourth-order valence-electron chi connectivity index (χ4n) is 0.139. The fraction of sp³-hybridized carbons (Fsp3) is 0. The Morgan fingerprint density at radius 2 is 1.20 bits per heavy atom. The lowest BCUT2D eigenvalue weighted by Crippen LogP contribution is -1.83. The molecule has 0 rings (SSSR count). The normalized spacial score (nSPS) is 11.2. The first-order valence-corrected chi connectivity index (χ1v) is 6.80. The topological polar surface area (TPSA) is 145 Å². The highest BCUT2D eigenvalue weighted by atomic mass is 35.5. The average Bonchev–Trinajstić information content (AvgIpc) is 1.78. The van der Waals surface area contributed by atoms with Gasteiger partial charge in [0.2, 0.25) is 5.22 Å². The van der Waals surface area contributed by atoms with Crippen molar-refractivity contribution in [3.8, 4) is 0 Å². The molecule has 13 heteroatoms. The smallest absolute Gasteiger partial charge is 0.390 e. The maximum Gasteiger partial charge on any atom is 0.525 e. The third-order valence-corrected chi connectivity index (χ3v) is 1.68. The Balaban J connectivity index is 0. The fourth-order valence-corrected chi connectivity index (χ4v) is 0.893. The summed E-state index contributed by atoms with van der Waals surface area (Å²) in [5, 5.41) is -0.725. The lowest BCUT2D eigenvalue weighted by Gasteiger charge is -2.03. The molecule has 0 fully saturated rings. The van der Waals surface area contributed by atoms with E-state index in [1.54, 1.807) is 0 Å². The molecule has 0 unspecified atom stereocenters. The van der Waals surface area contributed by atoms with Gasteiger partial charge in [-0.15, -0.1) is 0 Å². The molecule has 0 heterocycles. The second-order valence-electron chi connectivity index (χ2n) is 1.63. The quantitative estimate of drug-likeness (QED) is 0.373. The third-order valence-electron chi connectivity index (χ3n) is 0.348. The van der Waals surface area contributed by atoms with Gasteiger partial charge >= 0.3 is 15.6 Å². The molecule has 0 saturated carbocycles. The van der Waals surface area contributed by atoms with Crippen LogP contribution >= 0.6 is 50.4 Å². The van der Waals surface area contributed by atoms with E-state index in [0.29, 0.717) is 0 Å². The summed E-state index contributed by atoms with van der Waals surface area (Å²) >= 11 is 15.0. The largest absolute Gasteiger partial charge is 0.525 e. The monoisotopic (exact) mass is 324 g/mol.